The number of likely N-dealkylation sites (N-methyl/N-ethyl adjacent to an activating group) is 1. The number of ether oxygens (including phenoxy) is 2. The van der Waals surface area contributed by atoms with Gasteiger partial charge in [-0.3, -0.25) is 14.5 Å². The molecule has 0 saturated heterocycles. The van der Waals surface area contributed by atoms with Crippen molar-refractivity contribution < 1.29 is 23.9 Å². The summed E-state index contributed by atoms with van der Waals surface area (Å²) in [5, 5.41) is 5.62. The number of methoxy groups -OCH3 is 1. The molecule has 2 amide bonds. The summed E-state index contributed by atoms with van der Waals surface area (Å²) in [6, 6.07) is 14.1. The van der Waals surface area contributed by atoms with Gasteiger partial charge >= 0.3 is 5.97 Å². The topological polar surface area (TPSA) is 97.0 Å². The molecule has 0 radical (unpaired) electrons. The third-order valence-electron chi connectivity index (χ3n) is 4.45. The second kappa shape index (κ2) is 12.9. The van der Waals surface area contributed by atoms with Crippen LogP contribution < -0.4 is 15.4 Å². The molecule has 0 aliphatic heterocycles. The van der Waals surface area contributed by atoms with Crippen LogP contribution in [0.1, 0.15) is 19.4 Å². The van der Waals surface area contributed by atoms with Crippen LogP contribution >= 0.6 is 0 Å². The number of carbonyl (C=O) groups is 3. The molecule has 2 rings (SSSR count). The summed E-state index contributed by atoms with van der Waals surface area (Å²) in [7, 11) is 1.58. The monoisotopic (exact) mass is 439 g/mol. The largest absolute Gasteiger partial charge is 0.497 e. The maximum Gasteiger partial charge on any atom is 0.330 e. The van der Waals surface area contributed by atoms with E-state index in [9.17, 15) is 14.4 Å². The first-order valence-corrected chi connectivity index (χ1v) is 10.3. The van der Waals surface area contributed by atoms with Gasteiger partial charge < -0.3 is 20.1 Å². The van der Waals surface area contributed by atoms with Gasteiger partial charge in [0.2, 0.25) is 11.8 Å². The highest BCUT2D eigenvalue weighted by Gasteiger charge is 2.13. The molecule has 0 heterocycles. The average Bonchev–Trinajstić information content (AvgIpc) is 2.78. The fourth-order valence-corrected chi connectivity index (χ4v) is 2.79. The Labute approximate surface area is 188 Å². The summed E-state index contributed by atoms with van der Waals surface area (Å²) in [5.74, 6) is -0.125. The Morgan fingerprint density at radius 1 is 0.875 bits per heavy atom. The normalized spacial score (nSPS) is 10.8. The number of rotatable bonds is 11. The van der Waals surface area contributed by atoms with Crippen molar-refractivity contribution in [1.82, 2.24) is 4.90 Å². The van der Waals surface area contributed by atoms with Crippen LogP contribution in [0.25, 0.3) is 6.08 Å². The van der Waals surface area contributed by atoms with Crippen molar-refractivity contribution in [3.05, 3.63) is 60.2 Å². The minimum absolute atomic E-state index is 0.0804. The lowest BCUT2D eigenvalue weighted by Gasteiger charge is -2.19. The van der Waals surface area contributed by atoms with Gasteiger partial charge in [-0.1, -0.05) is 19.1 Å². The Kier molecular flexibility index (Phi) is 9.93. The van der Waals surface area contributed by atoms with Gasteiger partial charge in [0, 0.05) is 17.5 Å². The van der Waals surface area contributed by atoms with Crippen LogP contribution in [0.5, 0.6) is 5.75 Å². The van der Waals surface area contributed by atoms with E-state index >= 15 is 0 Å². The van der Waals surface area contributed by atoms with E-state index in [0.29, 0.717) is 30.3 Å². The number of nitrogens with one attached hydrogen (secondary N) is 2. The van der Waals surface area contributed by atoms with Crippen LogP contribution in [0.15, 0.2) is 54.6 Å². The minimum Gasteiger partial charge on any atom is -0.497 e. The van der Waals surface area contributed by atoms with Crippen molar-refractivity contribution in [2.24, 2.45) is 0 Å². The van der Waals surface area contributed by atoms with Crippen LogP contribution in [0.2, 0.25) is 0 Å². The van der Waals surface area contributed by atoms with Gasteiger partial charge in [-0.05, 0) is 61.5 Å². The maximum absolute atomic E-state index is 12.4. The van der Waals surface area contributed by atoms with E-state index in [1.54, 1.807) is 73.5 Å². The number of hydrogen-bond acceptors (Lipinski definition) is 6. The molecular weight excluding hydrogens is 410 g/mol. The van der Waals surface area contributed by atoms with Gasteiger partial charge in [-0.15, -0.1) is 0 Å². The summed E-state index contributed by atoms with van der Waals surface area (Å²) in [5.41, 5.74) is 2.09. The Hall–Kier alpha value is -3.65. The van der Waals surface area contributed by atoms with E-state index < -0.39 is 5.97 Å². The van der Waals surface area contributed by atoms with E-state index in [1.165, 1.54) is 6.08 Å². The lowest BCUT2D eigenvalue weighted by Crippen LogP contribution is -2.38. The van der Waals surface area contributed by atoms with Crippen molar-refractivity contribution in [3.8, 4) is 5.75 Å². The van der Waals surface area contributed by atoms with Crippen LogP contribution in [-0.4, -0.2) is 56.0 Å². The van der Waals surface area contributed by atoms with Gasteiger partial charge in [0.1, 0.15) is 5.75 Å². The third kappa shape index (κ3) is 8.61. The van der Waals surface area contributed by atoms with Gasteiger partial charge in [-0.2, -0.15) is 0 Å². The fourth-order valence-electron chi connectivity index (χ4n) is 2.79. The predicted molar refractivity (Wildman–Crippen MR) is 124 cm³/mol. The van der Waals surface area contributed by atoms with E-state index in [-0.39, 0.29) is 24.9 Å². The highest BCUT2D eigenvalue weighted by atomic mass is 16.5. The summed E-state index contributed by atoms with van der Waals surface area (Å²) in [6.07, 6.45) is 3.00. The molecule has 0 aromatic heterocycles. The number of esters is 1. The highest BCUT2D eigenvalue weighted by molar-refractivity contribution is 5.95. The number of carbonyl (C=O) groups excluding carboxylic acids is 3. The molecule has 0 spiro atoms. The summed E-state index contributed by atoms with van der Waals surface area (Å²) < 4.78 is 9.94. The van der Waals surface area contributed by atoms with E-state index in [1.807, 2.05) is 6.92 Å². The molecule has 0 unspecified atom stereocenters. The molecule has 32 heavy (non-hydrogen) atoms. The molecule has 8 heteroatoms. The molecule has 0 aliphatic carbocycles. The van der Waals surface area contributed by atoms with Crippen molar-refractivity contribution in [1.29, 1.82) is 0 Å². The first-order chi connectivity index (χ1) is 15.4. The molecule has 0 saturated carbocycles. The molecule has 170 valence electrons. The molecule has 0 fully saturated rings. The van der Waals surface area contributed by atoms with Crippen LogP contribution in [0.4, 0.5) is 11.4 Å². The van der Waals surface area contributed by atoms with Crippen molar-refractivity contribution in [2.75, 3.05) is 44.0 Å². The SMILES string of the molecule is CCOC(=O)/C=C/c1ccc(NC(=O)CN(CC)CC(=O)Nc2ccc(OC)cc2)cc1. The lowest BCUT2D eigenvalue weighted by molar-refractivity contribution is -0.137. The average molecular weight is 440 g/mol. The number of benzene rings is 2. The second-order valence-corrected chi connectivity index (χ2v) is 6.84. The first kappa shape index (κ1) is 24.6. The molecule has 0 bridgehead atoms. The van der Waals surface area contributed by atoms with Crippen LogP contribution in [-0.2, 0) is 19.1 Å². The second-order valence-electron chi connectivity index (χ2n) is 6.84. The molecule has 2 aromatic rings. The van der Waals surface area contributed by atoms with Gasteiger partial charge in [0.05, 0.1) is 26.8 Å². The zero-order chi connectivity index (χ0) is 23.3. The van der Waals surface area contributed by atoms with Gasteiger partial charge in [0.25, 0.3) is 0 Å². The van der Waals surface area contributed by atoms with E-state index in [2.05, 4.69) is 10.6 Å². The first-order valence-electron chi connectivity index (χ1n) is 10.3. The van der Waals surface area contributed by atoms with Crippen LogP contribution in [0.3, 0.4) is 0 Å². The predicted octanol–water partition coefficient (Wildman–Crippen LogP) is 3.17. The molecule has 0 atom stereocenters. The smallest absolute Gasteiger partial charge is 0.330 e. The van der Waals surface area contributed by atoms with E-state index in [0.717, 1.165) is 5.56 Å². The van der Waals surface area contributed by atoms with Crippen molar-refractivity contribution in [3.63, 3.8) is 0 Å². The highest BCUT2D eigenvalue weighted by Crippen LogP contribution is 2.15. The Balaban J connectivity index is 1.83. The van der Waals surface area contributed by atoms with Gasteiger partial charge in [0.15, 0.2) is 0 Å². The number of amides is 2. The molecule has 8 nitrogen and oxygen atoms in total. The molecular formula is C24H29N3O5. The summed E-state index contributed by atoms with van der Waals surface area (Å²) in [4.78, 5) is 37.8. The third-order valence-corrected chi connectivity index (χ3v) is 4.45. The summed E-state index contributed by atoms with van der Waals surface area (Å²) >= 11 is 0. The van der Waals surface area contributed by atoms with E-state index in [4.69, 9.17) is 9.47 Å². The molecule has 2 aromatic carbocycles. The van der Waals surface area contributed by atoms with Crippen LogP contribution in [0, 0.1) is 0 Å². The van der Waals surface area contributed by atoms with Gasteiger partial charge in [-0.25, -0.2) is 4.79 Å². The Bertz CT molecular complexity index is 924. The Morgan fingerprint density at radius 2 is 1.41 bits per heavy atom. The zero-order valence-electron chi connectivity index (χ0n) is 18.6. The fraction of sp³-hybridized carbons (Fsp3) is 0.292. The summed E-state index contributed by atoms with van der Waals surface area (Å²) in [6.45, 7) is 4.67. The number of nitrogens with zero attached hydrogens (tertiary/aromatic N) is 1. The number of anilines is 2. The Morgan fingerprint density at radius 3 is 1.88 bits per heavy atom. The standard InChI is InChI=1S/C24H29N3O5/c1-4-27(17-23(29)26-20-11-13-21(31-3)14-12-20)16-22(28)25-19-9-6-18(7-10-19)8-15-24(30)32-5-2/h6-15H,4-5,16-17H2,1-3H3,(H,25,28)(H,26,29)/b15-8+. The number of hydrogen-bond donors (Lipinski definition) is 2. The molecule has 2 N–H and O–H groups in total. The zero-order valence-corrected chi connectivity index (χ0v) is 18.6. The minimum atomic E-state index is -0.402. The lowest BCUT2D eigenvalue weighted by atomic mass is 10.2. The quantitative estimate of drug-likeness (QED) is 0.412. The van der Waals surface area contributed by atoms with Crippen molar-refractivity contribution in [2.45, 2.75) is 13.8 Å². The maximum atomic E-state index is 12.4. The molecule has 0 aliphatic rings. The van der Waals surface area contributed by atoms with Crippen molar-refractivity contribution >= 4 is 35.2 Å².